The lowest BCUT2D eigenvalue weighted by Gasteiger charge is -2.25. The van der Waals surface area contributed by atoms with E-state index in [2.05, 4.69) is 30.1 Å². The summed E-state index contributed by atoms with van der Waals surface area (Å²) in [4.78, 5) is 2.51. The molecule has 0 saturated heterocycles. The molecule has 0 aromatic rings. The maximum atomic E-state index is 3.35. The smallest absolute Gasteiger partial charge is 0.0190 e. The summed E-state index contributed by atoms with van der Waals surface area (Å²) in [6, 6.07) is 0. The van der Waals surface area contributed by atoms with Gasteiger partial charge in [0.2, 0.25) is 0 Å². The van der Waals surface area contributed by atoms with E-state index in [0.717, 1.165) is 13.1 Å². The number of likely N-dealkylation sites (N-methyl/N-ethyl adjacent to an activating group) is 1. The Kier molecular flexibility index (Phi) is 4.33. The van der Waals surface area contributed by atoms with Crippen molar-refractivity contribution >= 4 is 0 Å². The SMILES string of the molecule is CCNCCN1CCC=C(C)C1. The van der Waals surface area contributed by atoms with Gasteiger partial charge in [-0.25, -0.2) is 0 Å². The summed E-state index contributed by atoms with van der Waals surface area (Å²) in [7, 11) is 0. The lowest BCUT2D eigenvalue weighted by Crippen LogP contribution is -2.35. The molecular weight excluding hydrogens is 148 g/mol. The van der Waals surface area contributed by atoms with Crippen molar-refractivity contribution in [1.29, 1.82) is 0 Å². The third kappa shape index (κ3) is 3.37. The van der Waals surface area contributed by atoms with Crippen LogP contribution in [-0.4, -0.2) is 37.6 Å². The minimum atomic E-state index is 1.09. The summed E-state index contributed by atoms with van der Waals surface area (Å²) in [5, 5.41) is 3.35. The Bertz CT molecular complexity index is 152. The van der Waals surface area contributed by atoms with E-state index in [4.69, 9.17) is 0 Å². The number of hydrogen-bond donors (Lipinski definition) is 1. The average Bonchev–Trinajstić information content (AvgIpc) is 2.05. The van der Waals surface area contributed by atoms with E-state index in [0.29, 0.717) is 0 Å². The molecule has 1 rings (SSSR count). The summed E-state index contributed by atoms with van der Waals surface area (Å²) >= 11 is 0. The van der Waals surface area contributed by atoms with Crippen molar-refractivity contribution in [2.24, 2.45) is 0 Å². The normalized spacial score (nSPS) is 19.3. The van der Waals surface area contributed by atoms with Gasteiger partial charge in [0.1, 0.15) is 0 Å². The molecule has 0 aromatic carbocycles. The van der Waals surface area contributed by atoms with Crippen LogP contribution in [0.1, 0.15) is 20.3 Å². The van der Waals surface area contributed by atoms with Crippen LogP contribution in [0.15, 0.2) is 11.6 Å². The predicted octanol–water partition coefficient (Wildman–Crippen LogP) is 1.25. The summed E-state index contributed by atoms with van der Waals surface area (Å²) < 4.78 is 0. The molecule has 0 bridgehead atoms. The van der Waals surface area contributed by atoms with Crippen molar-refractivity contribution in [3.63, 3.8) is 0 Å². The van der Waals surface area contributed by atoms with E-state index in [1.807, 2.05) is 0 Å². The van der Waals surface area contributed by atoms with Gasteiger partial charge in [-0.15, -0.1) is 0 Å². The standard InChI is InChI=1S/C10H20N2/c1-3-11-6-8-12-7-4-5-10(2)9-12/h5,11H,3-4,6-9H2,1-2H3. The van der Waals surface area contributed by atoms with Crippen LogP contribution in [0, 0.1) is 0 Å². The molecule has 0 unspecified atom stereocenters. The molecule has 1 aliphatic rings. The van der Waals surface area contributed by atoms with Crippen molar-refractivity contribution in [2.45, 2.75) is 20.3 Å². The first-order chi connectivity index (χ1) is 5.83. The summed E-state index contributed by atoms with van der Waals surface area (Å²) in [6.07, 6.45) is 3.59. The lowest BCUT2D eigenvalue weighted by molar-refractivity contribution is 0.290. The zero-order chi connectivity index (χ0) is 8.81. The Morgan fingerprint density at radius 1 is 1.58 bits per heavy atom. The molecule has 0 fully saturated rings. The average molecular weight is 168 g/mol. The molecule has 1 heterocycles. The Labute approximate surface area is 75.6 Å². The van der Waals surface area contributed by atoms with E-state index in [1.165, 1.54) is 31.6 Å². The molecule has 1 aliphatic heterocycles. The third-order valence-electron chi connectivity index (χ3n) is 2.27. The van der Waals surface area contributed by atoms with Crippen LogP contribution in [-0.2, 0) is 0 Å². The Morgan fingerprint density at radius 2 is 2.42 bits per heavy atom. The summed E-state index contributed by atoms with van der Waals surface area (Å²) in [5.74, 6) is 0. The van der Waals surface area contributed by atoms with Crippen molar-refractivity contribution < 1.29 is 0 Å². The molecule has 0 spiro atoms. The maximum Gasteiger partial charge on any atom is 0.0190 e. The van der Waals surface area contributed by atoms with Crippen molar-refractivity contribution in [3.05, 3.63) is 11.6 Å². The second kappa shape index (κ2) is 5.33. The molecule has 70 valence electrons. The topological polar surface area (TPSA) is 15.3 Å². The first-order valence-corrected chi connectivity index (χ1v) is 4.91. The van der Waals surface area contributed by atoms with Gasteiger partial charge in [-0.1, -0.05) is 18.6 Å². The van der Waals surface area contributed by atoms with E-state index >= 15 is 0 Å². The molecule has 0 aromatic heterocycles. The Balaban J connectivity index is 2.13. The van der Waals surface area contributed by atoms with Crippen LogP contribution in [0.4, 0.5) is 0 Å². The van der Waals surface area contributed by atoms with Crippen LogP contribution in [0.5, 0.6) is 0 Å². The van der Waals surface area contributed by atoms with Gasteiger partial charge in [0.25, 0.3) is 0 Å². The Morgan fingerprint density at radius 3 is 3.08 bits per heavy atom. The molecule has 2 nitrogen and oxygen atoms in total. The lowest BCUT2D eigenvalue weighted by atomic mass is 10.1. The van der Waals surface area contributed by atoms with Crippen molar-refractivity contribution in [2.75, 3.05) is 32.7 Å². The van der Waals surface area contributed by atoms with Gasteiger partial charge in [-0.2, -0.15) is 0 Å². The van der Waals surface area contributed by atoms with Gasteiger partial charge >= 0.3 is 0 Å². The number of rotatable bonds is 4. The first kappa shape index (κ1) is 9.75. The molecular formula is C10H20N2. The fourth-order valence-electron chi connectivity index (χ4n) is 1.59. The monoisotopic (exact) mass is 168 g/mol. The second-order valence-corrected chi connectivity index (χ2v) is 3.47. The maximum absolute atomic E-state index is 3.35. The fourth-order valence-corrected chi connectivity index (χ4v) is 1.59. The molecule has 2 heteroatoms. The van der Waals surface area contributed by atoms with Gasteiger partial charge in [0, 0.05) is 26.2 Å². The number of nitrogens with zero attached hydrogens (tertiary/aromatic N) is 1. The predicted molar refractivity (Wildman–Crippen MR) is 53.4 cm³/mol. The largest absolute Gasteiger partial charge is 0.316 e. The zero-order valence-corrected chi connectivity index (χ0v) is 8.27. The molecule has 0 radical (unpaired) electrons. The number of nitrogens with one attached hydrogen (secondary N) is 1. The first-order valence-electron chi connectivity index (χ1n) is 4.91. The quantitative estimate of drug-likeness (QED) is 0.502. The van der Waals surface area contributed by atoms with Crippen LogP contribution >= 0.6 is 0 Å². The summed E-state index contributed by atoms with van der Waals surface area (Å²) in [6.45, 7) is 10.2. The third-order valence-corrected chi connectivity index (χ3v) is 2.27. The molecule has 0 amide bonds. The highest BCUT2D eigenvalue weighted by Crippen LogP contribution is 2.07. The van der Waals surface area contributed by atoms with Gasteiger partial charge < -0.3 is 5.32 Å². The van der Waals surface area contributed by atoms with E-state index in [-0.39, 0.29) is 0 Å². The second-order valence-electron chi connectivity index (χ2n) is 3.47. The van der Waals surface area contributed by atoms with E-state index in [1.54, 1.807) is 0 Å². The van der Waals surface area contributed by atoms with Gasteiger partial charge in [0.05, 0.1) is 0 Å². The van der Waals surface area contributed by atoms with Crippen LogP contribution in [0.2, 0.25) is 0 Å². The fraction of sp³-hybridized carbons (Fsp3) is 0.800. The van der Waals surface area contributed by atoms with E-state index in [9.17, 15) is 0 Å². The molecule has 1 N–H and O–H groups in total. The minimum Gasteiger partial charge on any atom is -0.316 e. The van der Waals surface area contributed by atoms with Crippen LogP contribution in [0.25, 0.3) is 0 Å². The van der Waals surface area contributed by atoms with Gasteiger partial charge in [-0.05, 0) is 19.9 Å². The van der Waals surface area contributed by atoms with Crippen LogP contribution in [0.3, 0.4) is 0 Å². The van der Waals surface area contributed by atoms with Crippen molar-refractivity contribution in [1.82, 2.24) is 10.2 Å². The zero-order valence-electron chi connectivity index (χ0n) is 8.27. The molecule has 0 aliphatic carbocycles. The van der Waals surface area contributed by atoms with E-state index < -0.39 is 0 Å². The van der Waals surface area contributed by atoms with Gasteiger partial charge in [-0.3, -0.25) is 4.90 Å². The van der Waals surface area contributed by atoms with Crippen molar-refractivity contribution in [3.8, 4) is 0 Å². The number of hydrogen-bond acceptors (Lipinski definition) is 2. The molecule has 0 atom stereocenters. The Hall–Kier alpha value is -0.340. The highest BCUT2D eigenvalue weighted by molar-refractivity contribution is 5.04. The minimum absolute atomic E-state index is 1.09. The summed E-state index contributed by atoms with van der Waals surface area (Å²) in [5.41, 5.74) is 1.53. The van der Waals surface area contributed by atoms with Crippen LogP contribution < -0.4 is 5.32 Å². The highest BCUT2D eigenvalue weighted by atomic mass is 15.1. The molecule has 12 heavy (non-hydrogen) atoms. The highest BCUT2D eigenvalue weighted by Gasteiger charge is 2.07. The van der Waals surface area contributed by atoms with Gasteiger partial charge in [0.15, 0.2) is 0 Å². The molecule has 0 saturated carbocycles.